The Morgan fingerprint density at radius 1 is 1.00 bits per heavy atom. The van der Waals surface area contributed by atoms with Crippen LogP contribution in [0, 0.1) is 5.92 Å². The smallest absolute Gasteiger partial charge is 0.213 e. The Hall–Kier alpha value is -3.26. The van der Waals surface area contributed by atoms with Crippen LogP contribution in [0.5, 0.6) is 5.88 Å². The minimum absolute atomic E-state index is 0.341. The zero-order valence-electron chi connectivity index (χ0n) is 17.6. The molecule has 1 saturated carbocycles. The second kappa shape index (κ2) is 9.48. The summed E-state index contributed by atoms with van der Waals surface area (Å²) in [5, 5.41) is 14.1. The third-order valence-electron chi connectivity index (χ3n) is 5.93. The molecule has 0 bridgehead atoms. The number of halogens is 1. The lowest BCUT2D eigenvalue weighted by molar-refractivity contribution is 0.192. The minimum Gasteiger partial charge on any atom is -0.477 e. The molecule has 5 rings (SSSR count). The lowest BCUT2D eigenvalue weighted by Crippen LogP contribution is -2.21. The van der Waals surface area contributed by atoms with Crippen molar-refractivity contribution in [1.82, 2.24) is 34.5 Å². The molecular formula is C23H24ClN7O. The van der Waals surface area contributed by atoms with Gasteiger partial charge in [-0.15, -0.1) is 10.2 Å². The van der Waals surface area contributed by atoms with Gasteiger partial charge in [0.1, 0.15) is 25.0 Å². The van der Waals surface area contributed by atoms with Gasteiger partial charge in [0.05, 0.1) is 6.61 Å². The van der Waals surface area contributed by atoms with E-state index in [1.54, 1.807) is 17.2 Å². The Kier molecular flexibility index (Phi) is 6.11. The maximum atomic E-state index is 6.13. The van der Waals surface area contributed by atoms with Crippen molar-refractivity contribution >= 4 is 11.6 Å². The topological polar surface area (TPSA) is 83.5 Å². The molecule has 0 aliphatic heterocycles. The highest BCUT2D eigenvalue weighted by Crippen LogP contribution is 2.36. The summed E-state index contributed by atoms with van der Waals surface area (Å²) in [6.07, 6.45) is 9.24. The molecule has 8 nitrogen and oxygen atoms in total. The van der Waals surface area contributed by atoms with Gasteiger partial charge in [-0.2, -0.15) is 5.10 Å². The molecule has 1 aliphatic carbocycles. The van der Waals surface area contributed by atoms with Crippen LogP contribution in [0.1, 0.15) is 43.3 Å². The Bertz CT molecular complexity index is 1120. The van der Waals surface area contributed by atoms with Crippen molar-refractivity contribution < 1.29 is 4.74 Å². The van der Waals surface area contributed by atoms with Crippen molar-refractivity contribution in [3.05, 3.63) is 78.0 Å². The molecule has 1 aromatic carbocycles. The molecule has 0 saturated heterocycles. The summed E-state index contributed by atoms with van der Waals surface area (Å²) in [4.78, 5) is 8.28. The van der Waals surface area contributed by atoms with Crippen LogP contribution in [0.3, 0.4) is 0 Å². The lowest BCUT2D eigenvalue weighted by Gasteiger charge is -2.28. The molecule has 1 aliphatic rings. The Balaban J connectivity index is 1.32. The van der Waals surface area contributed by atoms with Gasteiger partial charge in [0.25, 0.3) is 0 Å². The Morgan fingerprint density at radius 2 is 1.84 bits per heavy atom. The number of benzene rings is 1. The molecule has 1 fully saturated rings. The first kappa shape index (κ1) is 20.6. The Labute approximate surface area is 191 Å². The first-order valence-corrected chi connectivity index (χ1v) is 11.2. The molecule has 0 spiro atoms. The molecule has 9 heteroatoms. The van der Waals surface area contributed by atoms with Crippen LogP contribution in [-0.4, -0.2) is 41.1 Å². The van der Waals surface area contributed by atoms with Crippen LogP contribution in [-0.2, 0) is 6.54 Å². The minimum atomic E-state index is 0.341. The van der Waals surface area contributed by atoms with Crippen molar-refractivity contribution in [2.45, 2.75) is 38.1 Å². The van der Waals surface area contributed by atoms with Gasteiger partial charge in [-0.05, 0) is 61.9 Å². The highest BCUT2D eigenvalue weighted by atomic mass is 35.5. The SMILES string of the molecule is Clc1ccc(-n2c(Cn3cncn3)nnc2C2CCC(COc3ccccn3)CC2)cc1. The summed E-state index contributed by atoms with van der Waals surface area (Å²) in [6.45, 7) is 1.20. The van der Waals surface area contributed by atoms with Gasteiger partial charge in [-0.3, -0.25) is 4.57 Å². The van der Waals surface area contributed by atoms with Gasteiger partial charge < -0.3 is 4.74 Å². The van der Waals surface area contributed by atoms with Gasteiger partial charge in [-0.25, -0.2) is 14.6 Å². The van der Waals surface area contributed by atoms with E-state index in [0.29, 0.717) is 35.9 Å². The molecule has 0 unspecified atom stereocenters. The summed E-state index contributed by atoms with van der Waals surface area (Å²) in [5.41, 5.74) is 1.00. The number of nitrogens with zero attached hydrogens (tertiary/aromatic N) is 7. The number of pyridine rings is 1. The predicted molar refractivity (Wildman–Crippen MR) is 120 cm³/mol. The molecule has 3 aromatic heterocycles. The molecule has 32 heavy (non-hydrogen) atoms. The highest BCUT2D eigenvalue weighted by Gasteiger charge is 2.28. The van der Waals surface area contributed by atoms with Crippen LogP contribution in [0.25, 0.3) is 5.69 Å². The number of rotatable bonds is 7. The van der Waals surface area contributed by atoms with E-state index in [2.05, 4.69) is 29.8 Å². The fourth-order valence-corrected chi connectivity index (χ4v) is 4.38. The van der Waals surface area contributed by atoms with E-state index < -0.39 is 0 Å². The lowest BCUT2D eigenvalue weighted by atomic mass is 9.82. The normalized spacial score (nSPS) is 18.5. The van der Waals surface area contributed by atoms with Crippen molar-refractivity contribution in [3.63, 3.8) is 0 Å². The van der Waals surface area contributed by atoms with Crippen molar-refractivity contribution in [2.75, 3.05) is 6.61 Å². The molecule has 0 atom stereocenters. The molecule has 3 heterocycles. The van der Waals surface area contributed by atoms with Gasteiger partial charge in [-0.1, -0.05) is 17.7 Å². The van der Waals surface area contributed by atoms with Crippen LogP contribution in [0.4, 0.5) is 0 Å². The number of ether oxygens (including phenoxy) is 1. The zero-order valence-corrected chi connectivity index (χ0v) is 18.3. The maximum Gasteiger partial charge on any atom is 0.213 e. The summed E-state index contributed by atoms with van der Waals surface area (Å²) in [7, 11) is 0. The molecular weight excluding hydrogens is 426 g/mol. The van der Waals surface area contributed by atoms with E-state index in [0.717, 1.165) is 43.0 Å². The molecule has 0 amide bonds. The van der Waals surface area contributed by atoms with E-state index in [-0.39, 0.29) is 0 Å². The third kappa shape index (κ3) is 4.65. The monoisotopic (exact) mass is 449 g/mol. The maximum absolute atomic E-state index is 6.13. The molecule has 0 radical (unpaired) electrons. The summed E-state index contributed by atoms with van der Waals surface area (Å²) >= 11 is 6.13. The highest BCUT2D eigenvalue weighted by molar-refractivity contribution is 6.30. The Morgan fingerprint density at radius 3 is 2.56 bits per heavy atom. The van der Waals surface area contributed by atoms with Gasteiger partial charge in [0.2, 0.25) is 5.88 Å². The number of hydrogen-bond acceptors (Lipinski definition) is 6. The average Bonchev–Trinajstić information content (AvgIpc) is 3.50. The average molecular weight is 450 g/mol. The largest absolute Gasteiger partial charge is 0.477 e. The van der Waals surface area contributed by atoms with Crippen molar-refractivity contribution in [3.8, 4) is 11.6 Å². The van der Waals surface area contributed by atoms with Crippen LogP contribution >= 0.6 is 11.6 Å². The van der Waals surface area contributed by atoms with Crippen LogP contribution < -0.4 is 4.74 Å². The standard InChI is InChI=1S/C23H24ClN7O/c24-19-8-10-20(11-9-19)31-21(13-30-16-25-15-27-30)28-29-23(31)18-6-4-17(5-7-18)14-32-22-3-1-2-12-26-22/h1-3,8-12,15-18H,4-7,13-14H2. The zero-order chi connectivity index (χ0) is 21.8. The van der Waals surface area contributed by atoms with E-state index in [9.17, 15) is 0 Å². The second-order valence-corrected chi connectivity index (χ2v) is 8.51. The van der Waals surface area contributed by atoms with Crippen molar-refractivity contribution in [1.29, 1.82) is 0 Å². The molecule has 4 aromatic rings. The molecule has 164 valence electrons. The van der Waals surface area contributed by atoms with Crippen LogP contribution in [0.15, 0.2) is 61.3 Å². The fraction of sp³-hybridized carbons (Fsp3) is 0.348. The first-order chi connectivity index (χ1) is 15.8. The fourth-order valence-electron chi connectivity index (χ4n) is 4.25. The van der Waals surface area contributed by atoms with E-state index in [4.69, 9.17) is 16.3 Å². The van der Waals surface area contributed by atoms with Crippen LogP contribution in [0.2, 0.25) is 5.02 Å². The van der Waals surface area contributed by atoms with E-state index in [1.165, 1.54) is 6.33 Å². The van der Waals surface area contributed by atoms with Crippen molar-refractivity contribution in [2.24, 2.45) is 5.92 Å². The van der Waals surface area contributed by atoms with Gasteiger partial charge >= 0.3 is 0 Å². The summed E-state index contributed by atoms with van der Waals surface area (Å²) in [6, 6.07) is 13.5. The summed E-state index contributed by atoms with van der Waals surface area (Å²) in [5.74, 6) is 3.37. The second-order valence-electron chi connectivity index (χ2n) is 8.08. The van der Waals surface area contributed by atoms with E-state index in [1.807, 2.05) is 42.5 Å². The predicted octanol–water partition coefficient (Wildman–Crippen LogP) is 4.31. The number of aromatic nitrogens is 7. The third-order valence-corrected chi connectivity index (χ3v) is 6.18. The summed E-state index contributed by atoms with van der Waals surface area (Å²) < 4.78 is 9.78. The molecule has 0 N–H and O–H groups in total. The number of hydrogen-bond donors (Lipinski definition) is 0. The first-order valence-electron chi connectivity index (χ1n) is 10.8. The van der Waals surface area contributed by atoms with Gasteiger partial charge in [0.15, 0.2) is 5.82 Å². The van der Waals surface area contributed by atoms with E-state index >= 15 is 0 Å². The van der Waals surface area contributed by atoms with Gasteiger partial charge in [0, 0.05) is 28.9 Å². The quantitative estimate of drug-likeness (QED) is 0.418.